The number of nitrogens with zero attached hydrogens (tertiary/aromatic N) is 1. The highest BCUT2D eigenvalue weighted by molar-refractivity contribution is 7.86. The van der Waals surface area contributed by atoms with Crippen LogP contribution in [-0.2, 0) is 11.0 Å². The first-order valence-electron chi connectivity index (χ1n) is 10.2. The average Bonchev–Trinajstić information content (AvgIpc) is 3.19. The molecule has 5 nitrogen and oxygen atoms in total. The number of rotatable bonds is 7. The van der Waals surface area contributed by atoms with E-state index in [2.05, 4.69) is 14.7 Å². The molecule has 1 unspecified atom stereocenters. The van der Waals surface area contributed by atoms with Crippen LogP contribution in [0.3, 0.4) is 0 Å². The number of carbonyl (C=O) groups is 1. The molecule has 0 aliphatic carbocycles. The monoisotopic (exact) mass is 487 g/mol. The highest BCUT2D eigenvalue weighted by atomic mass is 35.5. The maximum absolute atomic E-state index is 15.2. The number of anilines is 1. The van der Waals surface area contributed by atoms with Gasteiger partial charge in [0.25, 0.3) is 0 Å². The van der Waals surface area contributed by atoms with Crippen molar-refractivity contribution < 1.29 is 17.8 Å². The van der Waals surface area contributed by atoms with Crippen LogP contribution < -0.4 is 4.72 Å². The molecule has 0 spiro atoms. The molecular formula is C24H20ClF2N3O2S. The highest BCUT2D eigenvalue weighted by Gasteiger charge is 2.25. The summed E-state index contributed by atoms with van der Waals surface area (Å²) in [5.74, 6) is -2.55. The van der Waals surface area contributed by atoms with Crippen molar-refractivity contribution in [3.63, 3.8) is 0 Å². The number of aromatic nitrogens is 2. The van der Waals surface area contributed by atoms with Gasteiger partial charge in [-0.25, -0.2) is 18.0 Å². The molecule has 4 aromatic rings. The fraction of sp³-hybridized carbons (Fsp3) is 0.167. The van der Waals surface area contributed by atoms with E-state index < -0.39 is 34.0 Å². The molecule has 2 aromatic carbocycles. The van der Waals surface area contributed by atoms with Crippen molar-refractivity contribution in [2.45, 2.75) is 13.8 Å². The first kappa shape index (κ1) is 23.1. The van der Waals surface area contributed by atoms with Gasteiger partial charge in [-0.15, -0.1) is 0 Å². The van der Waals surface area contributed by atoms with Gasteiger partial charge in [-0.05, 0) is 41.8 Å². The lowest BCUT2D eigenvalue weighted by atomic mass is 10.00. The summed E-state index contributed by atoms with van der Waals surface area (Å²) in [4.78, 5) is 20.4. The van der Waals surface area contributed by atoms with Gasteiger partial charge in [0.05, 0.1) is 11.3 Å². The summed E-state index contributed by atoms with van der Waals surface area (Å²) in [6.07, 6.45) is 3.01. The number of benzene rings is 2. The molecule has 0 aliphatic heterocycles. The highest BCUT2D eigenvalue weighted by Crippen LogP contribution is 2.30. The Morgan fingerprint density at radius 3 is 2.58 bits per heavy atom. The molecule has 0 radical (unpaired) electrons. The molecular weight excluding hydrogens is 468 g/mol. The fourth-order valence-electron chi connectivity index (χ4n) is 3.43. The Morgan fingerprint density at radius 1 is 1.15 bits per heavy atom. The van der Waals surface area contributed by atoms with Gasteiger partial charge in [0.15, 0.2) is 5.82 Å². The van der Waals surface area contributed by atoms with E-state index in [4.69, 9.17) is 11.6 Å². The zero-order chi connectivity index (χ0) is 23.7. The van der Waals surface area contributed by atoms with Gasteiger partial charge >= 0.3 is 0 Å². The molecule has 0 fully saturated rings. The largest absolute Gasteiger partial charge is 0.345 e. The van der Waals surface area contributed by atoms with Crippen molar-refractivity contribution in [1.29, 1.82) is 0 Å². The van der Waals surface area contributed by atoms with Crippen LogP contribution in [0.25, 0.3) is 22.2 Å². The lowest BCUT2D eigenvalue weighted by Crippen LogP contribution is -2.16. The lowest BCUT2D eigenvalue weighted by Gasteiger charge is -2.12. The number of aromatic amines is 1. The van der Waals surface area contributed by atoms with Crippen LogP contribution >= 0.6 is 11.6 Å². The maximum Gasteiger partial charge on any atom is 0.201 e. The number of fused-ring (bicyclic) bond motifs is 1. The molecule has 1 atom stereocenters. The van der Waals surface area contributed by atoms with E-state index in [0.29, 0.717) is 21.6 Å². The van der Waals surface area contributed by atoms with Crippen molar-refractivity contribution >= 4 is 45.1 Å². The molecule has 0 amide bonds. The Kier molecular flexibility index (Phi) is 6.58. The third kappa shape index (κ3) is 4.82. The van der Waals surface area contributed by atoms with Crippen LogP contribution in [0.2, 0.25) is 5.02 Å². The third-order valence-electron chi connectivity index (χ3n) is 4.98. The quantitative estimate of drug-likeness (QED) is 0.308. The minimum Gasteiger partial charge on any atom is -0.345 e. The number of H-pyrrole nitrogens is 1. The van der Waals surface area contributed by atoms with Gasteiger partial charge in [-0.2, -0.15) is 0 Å². The van der Waals surface area contributed by atoms with Crippen molar-refractivity contribution in [1.82, 2.24) is 9.97 Å². The molecule has 4 rings (SSSR count). The first-order chi connectivity index (χ1) is 15.7. The van der Waals surface area contributed by atoms with E-state index in [-0.39, 0.29) is 22.9 Å². The molecule has 0 aliphatic rings. The normalized spacial score (nSPS) is 12.3. The molecule has 0 saturated heterocycles. The first-order valence-corrected chi connectivity index (χ1v) is 11.8. The van der Waals surface area contributed by atoms with E-state index in [1.54, 1.807) is 24.4 Å². The van der Waals surface area contributed by atoms with Crippen LogP contribution in [0, 0.1) is 17.6 Å². The number of hydrogen-bond donors (Lipinski definition) is 2. The summed E-state index contributed by atoms with van der Waals surface area (Å²) < 4.78 is 44.5. The number of halogens is 3. The molecule has 9 heteroatoms. The summed E-state index contributed by atoms with van der Waals surface area (Å²) in [7, 11) is -1.57. The Hall–Kier alpha value is -3.10. The minimum atomic E-state index is -1.57. The molecule has 33 heavy (non-hydrogen) atoms. The standard InChI is InChI=1S/C24H20ClF2N3O2S/c1-13(2)12-33(32)30-20-8-7-19(26)21(22(20)27)23(31)18-11-29-24-17(18)9-15(10-28-24)14-3-5-16(25)6-4-14/h3-11,13,30H,12H2,1-2H3,(H,28,29). The van der Waals surface area contributed by atoms with Crippen LogP contribution in [0.15, 0.2) is 54.9 Å². The SMILES string of the molecule is CC(C)CS(=O)Nc1ccc(F)c(C(=O)c2c[nH]c3ncc(-c4ccc(Cl)cc4)cc23)c1F. The second kappa shape index (κ2) is 9.41. The van der Waals surface area contributed by atoms with Crippen molar-refractivity contribution in [2.24, 2.45) is 5.92 Å². The Balaban J connectivity index is 1.74. The fourth-order valence-corrected chi connectivity index (χ4v) is 4.65. The molecule has 170 valence electrons. The van der Waals surface area contributed by atoms with Crippen LogP contribution in [0.4, 0.5) is 14.5 Å². The van der Waals surface area contributed by atoms with E-state index in [0.717, 1.165) is 17.7 Å². The summed E-state index contributed by atoms with van der Waals surface area (Å²) in [6.45, 7) is 3.75. The molecule has 2 aromatic heterocycles. The molecule has 2 N–H and O–H groups in total. The van der Waals surface area contributed by atoms with Crippen molar-refractivity contribution in [3.05, 3.63) is 82.6 Å². The van der Waals surface area contributed by atoms with Crippen LogP contribution in [-0.4, -0.2) is 25.7 Å². The van der Waals surface area contributed by atoms with Gasteiger partial charge in [-0.3, -0.25) is 4.79 Å². The molecule has 2 heterocycles. The van der Waals surface area contributed by atoms with Gasteiger partial charge in [0, 0.05) is 39.7 Å². The van der Waals surface area contributed by atoms with Gasteiger partial charge in [-0.1, -0.05) is 37.6 Å². The Bertz CT molecular complexity index is 1370. The lowest BCUT2D eigenvalue weighted by molar-refractivity contribution is 0.103. The van der Waals surface area contributed by atoms with Gasteiger partial charge < -0.3 is 9.71 Å². The van der Waals surface area contributed by atoms with Crippen LogP contribution in [0.1, 0.15) is 29.8 Å². The van der Waals surface area contributed by atoms with Crippen molar-refractivity contribution in [2.75, 3.05) is 10.5 Å². The second-order valence-electron chi connectivity index (χ2n) is 7.95. The predicted molar refractivity (Wildman–Crippen MR) is 128 cm³/mol. The zero-order valence-electron chi connectivity index (χ0n) is 17.8. The van der Waals surface area contributed by atoms with Crippen molar-refractivity contribution in [3.8, 4) is 11.1 Å². The van der Waals surface area contributed by atoms with Gasteiger partial charge in [0.2, 0.25) is 5.78 Å². The minimum absolute atomic E-state index is 0.0755. The summed E-state index contributed by atoms with van der Waals surface area (Å²) in [5.41, 5.74) is 1.10. The van der Waals surface area contributed by atoms with E-state index in [9.17, 15) is 13.4 Å². The number of carbonyl (C=O) groups excluding carboxylic acids is 1. The predicted octanol–water partition coefficient (Wildman–Crippen LogP) is 6.12. The Morgan fingerprint density at radius 2 is 1.88 bits per heavy atom. The zero-order valence-corrected chi connectivity index (χ0v) is 19.4. The average molecular weight is 488 g/mol. The number of nitrogens with one attached hydrogen (secondary N) is 2. The summed E-state index contributed by atoms with van der Waals surface area (Å²) >= 11 is 5.95. The van der Waals surface area contributed by atoms with E-state index in [1.807, 2.05) is 26.0 Å². The number of pyridine rings is 1. The third-order valence-corrected chi connectivity index (χ3v) is 6.65. The molecule has 0 saturated carbocycles. The van der Waals surface area contributed by atoms with E-state index in [1.165, 1.54) is 6.20 Å². The smallest absolute Gasteiger partial charge is 0.201 e. The molecule has 0 bridgehead atoms. The summed E-state index contributed by atoms with van der Waals surface area (Å²) in [5, 5.41) is 1.01. The van der Waals surface area contributed by atoms with Crippen LogP contribution in [0.5, 0.6) is 0 Å². The van der Waals surface area contributed by atoms with Gasteiger partial charge in [0.1, 0.15) is 22.5 Å². The Labute approximate surface area is 196 Å². The number of ketones is 1. The second-order valence-corrected chi connectivity index (χ2v) is 9.62. The summed E-state index contributed by atoms with van der Waals surface area (Å²) in [6, 6.07) is 10.9. The van der Waals surface area contributed by atoms with E-state index >= 15 is 4.39 Å². The topological polar surface area (TPSA) is 74.8 Å². The number of hydrogen-bond acceptors (Lipinski definition) is 3. The maximum atomic E-state index is 15.2.